The standard InChI is InChI=1S/C20H22N4O2S/c1-6-13(11-26-5)10-14(7-2)24-12-22-17-16-15(23(3)4)8-9-21-19(16)27-18(17)20(24)25/h6-10,12H,1,11H2,2-5H3/b13-10+,14-7+. The smallest absolute Gasteiger partial charge is 0.275 e. The van der Waals surface area contributed by atoms with Crippen LogP contribution in [-0.4, -0.2) is 42.3 Å². The van der Waals surface area contributed by atoms with Crippen molar-refractivity contribution in [1.82, 2.24) is 14.5 Å². The van der Waals surface area contributed by atoms with Crippen LogP contribution in [0.15, 0.2) is 53.8 Å². The fourth-order valence-corrected chi connectivity index (χ4v) is 3.95. The maximum absolute atomic E-state index is 13.2. The predicted molar refractivity (Wildman–Crippen MR) is 114 cm³/mol. The minimum absolute atomic E-state index is 0.113. The third kappa shape index (κ3) is 3.43. The third-order valence-corrected chi connectivity index (χ3v) is 5.30. The molecule has 0 saturated heterocycles. The van der Waals surface area contributed by atoms with E-state index in [1.165, 1.54) is 11.3 Å². The van der Waals surface area contributed by atoms with Gasteiger partial charge in [-0.15, -0.1) is 11.3 Å². The maximum Gasteiger partial charge on any atom is 0.275 e. The van der Waals surface area contributed by atoms with Gasteiger partial charge in [0, 0.05) is 33.1 Å². The monoisotopic (exact) mass is 382 g/mol. The van der Waals surface area contributed by atoms with Crippen molar-refractivity contribution in [2.45, 2.75) is 6.92 Å². The molecule has 0 bridgehead atoms. The fraction of sp³-hybridized carbons (Fsp3) is 0.250. The quantitative estimate of drug-likeness (QED) is 0.609. The highest BCUT2D eigenvalue weighted by Crippen LogP contribution is 2.35. The lowest BCUT2D eigenvalue weighted by Gasteiger charge is -2.13. The van der Waals surface area contributed by atoms with Gasteiger partial charge < -0.3 is 9.64 Å². The second-order valence-electron chi connectivity index (χ2n) is 6.17. The molecule has 0 fully saturated rings. The molecule has 0 spiro atoms. The number of fused-ring (bicyclic) bond motifs is 3. The van der Waals surface area contributed by atoms with Gasteiger partial charge in [-0.05, 0) is 24.6 Å². The van der Waals surface area contributed by atoms with E-state index in [4.69, 9.17) is 4.74 Å². The van der Waals surface area contributed by atoms with Crippen LogP contribution in [0.4, 0.5) is 5.69 Å². The van der Waals surface area contributed by atoms with Gasteiger partial charge >= 0.3 is 0 Å². The van der Waals surface area contributed by atoms with E-state index in [9.17, 15) is 4.79 Å². The molecule has 0 unspecified atom stereocenters. The fourth-order valence-electron chi connectivity index (χ4n) is 2.90. The zero-order valence-electron chi connectivity index (χ0n) is 15.9. The summed E-state index contributed by atoms with van der Waals surface area (Å²) in [5, 5.41) is 0.912. The number of anilines is 1. The number of thiophene rings is 1. The summed E-state index contributed by atoms with van der Waals surface area (Å²) in [6.07, 6.45) is 8.79. The van der Waals surface area contributed by atoms with Crippen molar-refractivity contribution in [3.63, 3.8) is 0 Å². The number of pyridine rings is 1. The van der Waals surface area contributed by atoms with E-state index in [1.807, 2.05) is 44.1 Å². The van der Waals surface area contributed by atoms with Gasteiger partial charge in [-0.1, -0.05) is 18.7 Å². The lowest BCUT2D eigenvalue weighted by atomic mass is 10.2. The van der Waals surface area contributed by atoms with Gasteiger partial charge in [0.1, 0.15) is 15.9 Å². The largest absolute Gasteiger partial charge is 0.380 e. The molecule has 3 aromatic heterocycles. The Balaban J connectivity index is 2.24. The highest BCUT2D eigenvalue weighted by molar-refractivity contribution is 7.25. The van der Waals surface area contributed by atoms with E-state index in [0.717, 1.165) is 27.2 Å². The Hall–Kier alpha value is -2.77. The van der Waals surface area contributed by atoms with Crippen LogP contribution in [-0.2, 0) is 4.74 Å². The highest BCUT2D eigenvalue weighted by Gasteiger charge is 2.17. The lowest BCUT2D eigenvalue weighted by Crippen LogP contribution is -2.18. The molecule has 0 amide bonds. The third-order valence-electron chi connectivity index (χ3n) is 4.22. The van der Waals surface area contributed by atoms with Crippen molar-refractivity contribution < 1.29 is 4.74 Å². The maximum atomic E-state index is 13.2. The molecule has 0 atom stereocenters. The number of allylic oxidation sites excluding steroid dienone is 3. The van der Waals surface area contributed by atoms with Gasteiger partial charge in [-0.2, -0.15) is 0 Å². The second-order valence-corrected chi connectivity index (χ2v) is 7.17. The second kappa shape index (κ2) is 7.85. The molecule has 140 valence electrons. The van der Waals surface area contributed by atoms with Gasteiger partial charge in [-0.25, -0.2) is 9.97 Å². The number of rotatable bonds is 6. The first-order valence-corrected chi connectivity index (χ1v) is 9.28. The molecule has 6 nitrogen and oxygen atoms in total. The summed E-state index contributed by atoms with van der Waals surface area (Å²) in [6.45, 7) is 6.10. The van der Waals surface area contributed by atoms with Crippen molar-refractivity contribution in [2.24, 2.45) is 0 Å². The van der Waals surface area contributed by atoms with Crippen molar-refractivity contribution >= 4 is 43.2 Å². The Morgan fingerprint density at radius 1 is 1.41 bits per heavy atom. The minimum atomic E-state index is -0.113. The average molecular weight is 382 g/mol. The number of ether oxygens (including phenoxy) is 1. The van der Waals surface area contributed by atoms with Crippen LogP contribution in [0.1, 0.15) is 6.92 Å². The lowest BCUT2D eigenvalue weighted by molar-refractivity contribution is 0.228. The Bertz CT molecular complexity index is 1120. The van der Waals surface area contributed by atoms with Crippen LogP contribution in [0.3, 0.4) is 0 Å². The average Bonchev–Trinajstić information content (AvgIpc) is 3.05. The van der Waals surface area contributed by atoms with Crippen molar-refractivity contribution in [3.8, 4) is 0 Å². The van der Waals surface area contributed by atoms with Gasteiger partial charge in [0.25, 0.3) is 5.56 Å². The summed E-state index contributed by atoms with van der Waals surface area (Å²) in [5.41, 5.74) is 3.17. The van der Waals surface area contributed by atoms with Crippen molar-refractivity contribution in [2.75, 3.05) is 32.7 Å². The van der Waals surface area contributed by atoms with Crippen LogP contribution in [0, 0.1) is 0 Å². The molecule has 27 heavy (non-hydrogen) atoms. The first-order valence-electron chi connectivity index (χ1n) is 8.46. The number of methoxy groups -OCH3 is 1. The topological polar surface area (TPSA) is 60.2 Å². The number of nitrogens with zero attached hydrogens (tertiary/aromatic N) is 4. The summed E-state index contributed by atoms with van der Waals surface area (Å²) in [4.78, 5) is 25.0. The highest BCUT2D eigenvalue weighted by atomic mass is 32.1. The van der Waals surface area contributed by atoms with Crippen LogP contribution in [0.5, 0.6) is 0 Å². The summed E-state index contributed by atoms with van der Waals surface area (Å²) < 4.78 is 7.31. The van der Waals surface area contributed by atoms with Crippen LogP contribution >= 0.6 is 11.3 Å². The van der Waals surface area contributed by atoms with Crippen molar-refractivity contribution in [3.05, 3.63) is 59.3 Å². The zero-order valence-corrected chi connectivity index (χ0v) is 16.7. The van der Waals surface area contributed by atoms with E-state index in [2.05, 4.69) is 16.5 Å². The zero-order chi connectivity index (χ0) is 19.6. The van der Waals surface area contributed by atoms with E-state index in [0.29, 0.717) is 16.8 Å². The first kappa shape index (κ1) is 19.0. The number of hydrogen-bond acceptors (Lipinski definition) is 6. The Morgan fingerprint density at radius 3 is 2.81 bits per heavy atom. The number of hydrogen-bond donors (Lipinski definition) is 0. The van der Waals surface area contributed by atoms with Gasteiger partial charge in [0.2, 0.25) is 0 Å². The molecule has 0 saturated carbocycles. The molecule has 3 aromatic rings. The molecular formula is C20H22N4O2S. The summed E-state index contributed by atoms with van der Waals surface area (Å²) in [7, 11) is 5.56. The molecule has 7 heteroatoms. The summed E-state index contributed by atoms with van der Waals surface area (Å²) >= 11 is 1.37. The predicted octanol–water partition coefficient (Wildman–Crippen LogP) is 3.69. The van der Waals surface area contributed by atoms with Crippen LogP contribution < -0.4 is 10.5 Å². The number of aromatic nitrogens is 3. The molecule has 0 aliphatic carbocycles. The minimum Gasteiger partial charge on any atom is -0.380 e. The van der Waals surface area contributed by atoms with Crippen LogP contribution in [0.25, 0.3) is 26.1 Å². The molecular weight excluding hydrogens is 360 g/mol. The Morgan fingerprint density at radius 2 is 2.19 bits per heavy atom. The summed E-state index contributed by atoms with van der Waals surface area (Å²) in [5.74, 6) is 0. The Kier molecular flexibility index (Phi) is 5.53. The molecule has 0 aliphatic heterocycles. The normalized spacial score (nSPS) is 12.7. The van der Waals surface area contributed by atoms with Crippen molar-refractivity contribution in [1.29, 1.82) is 0 Å². The van der Waals surface area contributed by atoms with Gasteiger partial charge in [-0.3, -0.25) is 9.36 Å². The first-order chi connectivity index (χ1) is 13.0. The Labute approximate surface area is 161 Å². The van der Waals surface area contributed by atoms with E-state index in [-0.39, 0.29) is 5.56 Å². The SMILES string of the molecule is C=C/C(=C\C(=C/C)n1cnc2c(sc3nccc(N(C)C)c32)c1=O)COC. The molecule has 0 N–H and O–H groups in total. The molecule has 3 heterocycles. The van der Waals surface area contributed by atoms with E-state index < -0.39 is 0 Å². The van der Waals surface area contributed by atoms with Gasteiger partial charge in [0.15, 0.2) is 0 Å². The molecule has 0 aromatic carbocycles. The van der Waals surface area contributed by atoms with E-state index >= 15 is 0 Å². The van der Waals surface area contributed by atoms with E-state index in [1.54, 1.807) is 30.3 Å². The summed E-state index contributed by atoms with van der Waals surface area (Å²) in [6, 6.07) is 1.93. The molecule has 3 rings (SSSR count). The molecule has 0 radical (unpaired) electrons. The van der Waals surface area contributed by atoms with Crippen LogP contribution in [0.2, 0.25) is 0 Å². The van der Waals surface area contributed by atoms with Gasteiger partial charge in [0.05, 0.1) is 23.2 Å². The molecule has 0 aliphatic rings.